The predicted molar refractivity (Wildman–Crippen MR) is 335 cm³/mol. The third kappa shape index (κ3) is 12.3. The Bertz CT molecular complexity index is 4440. The highest BCUT2D eigenvalue weighted by Gasteiger charge is 2.17. The minimum Gasteiger partial charge on any atom is -0.351 e. The summed E-state index contributed by atoms with van der Waals surface area (Å²) in [6.45, 7) is 4.76. The van der Waals surface area contributed by atoms with Gasteiger partial charge in [-0.2, -0.15) is 0 Å². The molecule has 424 valence electrons. The molecule has 0 saturated heterocycles. The Labute approximate surface area is 489 Å². The average Bonchev–Trinajstić information content (AvgIpc) is 4.14. The predicted octanol–water partition coefficient (Wildman–Crippen LogP) is 10.3. The van der Waals surface area contributed by atoms with E-state index in [4.69, 9.17) is 19.9 Å². The van der Waals surface area contributed by atoms with Gasteiger partial charge in [0.05, 0.1) is 44.1 Å². The van der Waals surface area contributed by atoms with Crippen molar-refractivity contribution in [2.75, 3.05) is 60.9 Å². The quantitative estimate of drug-likeness (QED) is 0.0381. The minimum atomic E-state index is -0.352. The van der Waals surface area contributed by atoms with Gasteiger partial charge in [0.25, 0.3) is 23.6 Å². The molecule has 0 bridgehead atoms. The zero-order valence-electron chi connectivity index (χ0n) is 47.6. The van der Waals surface area contributed by atoms with Gasteiger partial charge in [-0.1, -0.05) is 72.8 Å². The van der Waals surface area contributed by atoms with Gasteiger partial charge in [-0.25, -0.2) is 19.9 Å². The molecule has 0 spiro atoms. The first-order valence-corrected chi connectivity index (χ1v) is 28.1. The van der Waals surface area contributed by atoms with Crippen LogP contribution in [0.15, 0.2) is 170 Å². The van der Waals surface area contributed by atoms with Crippen molar-refractivity contribution in [3.05, 3.63) is 192 Å². The summed E-state index contributed by atoms with van der Waals surface area (Å²) in [5, 5.41) is 11.8. The largest absolute Gasteiger partial charge is 0.351 e. The van der Waals surface area contributed by atoms with Gasteiger partial charge >= 0.3 is 0 Å². The Morgan fingerprint density at radius 2 is 0.624 bits per heavy atom. The van der Waals surface area contributed by atoms with Crippen LogP contribution in [0.5, 0.6) is 0 Å². The van der Waals surface area contributed by atoms with Crippen LogP contribution < -0.4 is 21.3 Å². The number of nitrogens with zero attached hydrogens (tertiary/aromatic N) is 6. The van der Waals surface area contributed by atoms with E-state index in [1.54, 1.807) is 24.3 Å². The van der Waals surface area contributed by atoms with Crippen LogP contribution in [0.1, 0.15) is 48.4 Å². The zero-order chi connectivity index (χ0) is 58.7. The number of imidazole rings is 4. The fourth-order valence-electron chi connectivity index (χ4n) is 10.1. The van der Waals surface area contributed by atoms with E-state index in [2.05, 4.69) is 65.5 Å². The molecule has 8 N–H and O–H groups in total. The summed E-state index contributed by atoms with van der Waals surface area (Å²) in [5.74, 6) is 2.07. The summed E-state index contributed by atoms with van der Waals surface area (Å²) in [7, 11) is 7.88. The topological polar surface area (TPSA) is 238 Å². The van der Waals surface area contributed by atoms with Gasteiger partial charge in [-0.15, -0.1) is 0 Å². The van der Waals surface area contributed by atoms with Gasteiger partial charge in [0.1, 0.15) is 23.3 Å². The third-order valence-corrected chi connectivity index (χ3v) is 14.9. The van der Waals surface area contributed by atoms with Crippen LogP contribution in [0, 0.1) is 0 Å². The lowest BCUT2D eigenvalue weighted by Gasteiger charge is -2.15. The number of carbonyl (C=O) groups excluding carboxylic acids is 4. The summed E-state index contributed by atoms with van der Waals surface area (Å²) < 4.78 is 0. The lowest BCUT2D eigenvalue weighted by molar-refractivity contribution is 0.0912. The van der Waals surface area contributed by atoms with Gasteiger partial charge < -0.3 is 51.0 Å². The average molecular weight is 1130 g/mol. The molecule has 4 amide bonds. The number of hydrogen-bond donors (Lipinski definition) is 8. The number of carbonyl (C=O) groups is 4. The van der Waals surface area contributed by atoms with E-state index in [9.17, 15) is 19.2 Å². The van der Waals surface area contributed by atoms with Crippen molar-refractivity contribution in [2.24, 2.45) is 0 Å². The van der Waals surface area contributed by atoms with Crippen molar-refractivity contribution in [1.82, 2.24) is 70.9 Å². The highest BCUT2D eigenvalue weighted by Crippen LogP contribution is 2.32. The molecule has 18 nitrogen and oxygen atoms in total. The molecular formula is C67H62N14O4. The normalized spacial score (nSPS) is 11.9. The number of H-pyrrole nitrogens is 4. The number of benzene rings is 8. The molecule has 4 aromatic heterocycles. The second-order valence-corrected chi connectivity index (χ2v) is 21.8. The molecule has 4 heterocycles. The first-order chi connectivity index (χ1) is 41.2. The van der Waals surface area contributed by atoms with Crippen LogP contribution in [0.4, 0.5) is 0 Å². The number of aromatic nitrogens is 8. The van der Waals surface area contributed by atoms with Crippen molar-refractivity contribution >= 4 is 67.8 Å². The molecule has 12 aromatic rings. The number of rotatable bonds is 19. The smallest absolute Gasteiger partial charge is 0.251 e. The molecule has 1 atom stereocenters. The number of amides is 4. The van der Waals surface area contributed by atoms with Crippen LogP contribution in [0.3, 0.4) is 0 Å². The summed E-state index contributed by atoms with van der Waals surface area (Å²) in [4.78, 5) is 89.0. The van der Waals surface area contributed by atoms with E-state index in [0.29, 0.717) is 47.0 Å². The van der Waals surface area contributed by atoms with Gasteiger partial charge in [0, 0.05) is 83.3 Å². The monoisotopic (exact) mass is 1130 g/mol. The SMILES string of the molecule is C[C@@H](CNC(=O)c1ccc(-c2nc3ccc(-c4ccc5nc(-c6ccc(C(=O)NCCN(C)C)cc6)[nH]c5c4)cc3[nH]2)cc1)NC(=O)c1ccc(-c2nc3ccc(-c4ccc5nc(-c6ccc(C(=O)NCCN(C)C)cc6)[nH]c5c4)cc3[nH]2)cc1. The maximum absolute atomic E-state index is 13.3. The second-order valence-electron chi connectivity index (χ2n) is 21.8. The fourth-order valence-corrected chi connectivity index (χ4v) is 10.1. The zero-order valence-corrected chi connectivity index (χ0v) is 47.6. The molecule has 85 heavy (non-hydrogen) atoms. The van der Waals surface area contributed by atoms with Crippen LogP contribution in [0.2, 0.25) is 0 Å². The molecule has 0 aliphatic rings. The molecule has 0 radical (unpaired) electrons. The van der Waals surface area contributed by atoms with Crippen LogP contribution >= 0.6 is 0 Å². The molecular weight excluding hydrogens is 1060 g/mol. The maximum Gasteiger partial charge on any atom is 0.251 e. The van der Waals surface area contributed by atoms with E-state index in [-0.39, 0.29) is 36.2 Å². The Kier molecular flexibility index (Phi) is 15.4. The van der Waals surface area contributed by atoms with Crippen LogP contribution in [0.25, 0.3) is 112 Å². The lowest BCUT2D eigenvalue weighted by Crippen LogP contribution is -2.41. The number of nitrogens with one attached hydrogen (secondary N) is 8. The number of aromatic amines is 4. The van der Waals surface area contributed by atoms with E-state index in [0.717, 1.165) is 113 Å². The molecule has 0 aliphatic heterocycles. The Morgan fingerprint density at radius 3 is 0.906 bits per heavy atom. The van der Waals surface area contributed by atoms with Gasteiger partial charge in [-0.05, 0) is 154 Å². The summed E-state index contributed by atoms with van der Waals surface area (Å²) in [6, 6.07) is 53.5. The van der Waals surface area contributed by atoms with E-state index >= 15 is 0 Å². The number of fused-ring (bicyclic) bond motifs is 4. The standard InChI is InChI=1S/C67H62N14O4/c1-39(71-67(85)47-20-12-43(13-21-47)63-75-55-29-25-51(37-59(55)79-63)49-23-27-53-57(35-49)77-61(73-53)41-8-16-45(17-9-41)65(83)69-31-33-81(4)5)38-70-66(84)46-18-10-42(11-19-46)62-74-54-28-24-50(36-58(54)78-62)48-22-26-52-56(34-48)76-60(72-52)40-6-14-44(15-7-40)64(82)68-30-32-80(2)3/h6-29,34-37,39H,30-33,38H2,1-5H3,(H,68,82)(H,69,83)(H,70,84)(H,71,85)(H,72,76)(H,73,77)(H,74,78)(H,75,79)/t39-/m0/s1. The highest BCUT2D eigenvalue weighted by molar-refractivity contribution is 5.98. The summed E-state index contributed by atoms with van der Waals surface area (Å²) in [5.41, 5.74) is 16.4. The number of hydrogen-bond acceptors (Lipinski definition) is 10. The van der Waals surface area contributed by atoms with Crippen molar-refractivity contribution in [2.45, 2.75) is 13.0 Å². The first kappa shape index (κ1) is 55.0. The molecule has 0 saturated carbocycles. The van der Waals surface area contributed by atoms with E-state index < -0.39 is 0 Å². The Hall–Kier alpha value is -10.6. The van der Waals surface area contributed by atoms with Crippen molar-refractivity contribution in [3.63, 3.8) is 0 Å². The van der Waals surface area contributed by atoms with E-state index in [1.165, 1.54) is 0 Å². The maximum atomic E-state index is 13.3. The fraction of sp³-hybridized carbons (Fsp3) is 0.164. The summed E-state index contributed by atoms with van der Waals surface area (Å²) in [6.07, 6.45) is 0. The van der Waals surface area contributed by atoms with E-state index in [1.807, 2.05) is 166 Å². The van der Waals surface area contributed by atoms with Crippen LogP contribution in [-0.2, 0) is 0 Å². The number of likely N-dealkylation sites (N-methyl/N-ethyl adjacent to an activating group) is 2. The Balaban J connectivity index is 0.622. The highest BCUT2D eigenvalue weighted by atomic mass is 16.2. The molecule has 12 rings (SSSR count). The van der Waals surface area contributed by atoms with Gasteiger partial charge in [-0.3, -0.25) is 19.2 Å². The van der Waals surface area contributed by atoms with Crippen molar-refractivity contribution in [3.8, 4) is 67.8 Å². The van der Waals surface area contributed by atoms with Crippen molar-refractivity contribution in [1.29, 1.82) is 0 Å². The van der Waals surface area contributed by atoms with Crippen molar-refractivity contribution < 1.29 is 19.2 Å². The second kappa shape index (κ2) is 23.7. The van der Waals surface area contributed by atoms with Crippen LogP contribution in [-0.4, -0.2) is 140 Å². The molecule has 0 aliphatic carbocycles. The minimum absolute atomic E-state index is 0.105. The summed E-state index contributed by atoms with van der Waals surface area (Å²) >= 11 is 0. The molecule has 0 fully saturated rings. The van der Waals surface area contributed by atoms with Gasteiger partial charge in [0.15, 0.2) is 0 Å². The molecule has 0 unspecified atom stereocenters. The lowest BCUT2D eigenvalue weighted by atomic mass is 10.0. The molecule has 8 aromatic carbocycles. The Morgan fingerprint density at radius 1 is 0.365 bits per heavy atom. The third-order valence-electron chi connectivity index (χ3n) is 14.9. The first-order valence-electron chi connectivity index (χ1n) is 28.1. The molecule has 18 heteroatoms. The van der Waals surface area contributed by atoms with Gasteiger partial charge in [0.2, 0.25) is 0 Å².